The fourth-order valence-electron chi connectivity index (χ4n) is 5.70. The number of piperazine rings is 1. The molecule has 8 heteroatoms. The van der Waals surface area contributed by atoms with Gasteiger partial charge in [-0.3, -0.25) is 9.80 Å². The lowest BCUT2D eigenvalue weighted by Crippen LogP contribution is -2.57. The van der Waals surface area contributed by atoms with Crippen LogP contribution in [0.5, 0.6) is 5.88 Å². The van der Waals surface area contributed by atoms with Gasteiger partial charge in [-0.25, -0.2) is 4.98 Å². The van der Waals surface area contributed by atoms with Crippen LogP contribution in [0.2, 0.25) is 0 Å². The largest absolute Gasteiger partial charge is 0.477 e. The summed E-state index contributed by atoms with van der Waals surface area (Å²) < 4.78 is 11.7. The molecule has 0 saturated carbocycles. The molecule has 3 fully saturated rings. The van der Waals surface area contributed by atoms with E-state index in [0.29, 0.717) is 24.4 Å². The van der Waals surface area contributed by atoms with E-state index in [1.165, 1.54) is 12.8 Å². The van der Waals surface area contributed by atoms with E-state index < -0.39 is 0 Å². The van der Waals surface area contributed by atoms with Crippen molar-refractivity contribution in [3.63, 3.8) is 0 Å². The molecule has 0 unspecified atom stereocenters. The predicted molar refractivity (Wildman–Crippen MR) is 130 cm³/mol. The van der Waals surface area contributed by atoms with Crippen LogP contribution in [-0.2, 0) is 6.54 Å². The number of likely N-dealkylation sites (tertiary alicyclic amines) is 1. The Balaban J connectivity index is 1.01. The van der Waals surface area contributed by atoms with Crippen molar-refractivity contribution in [2.45, 2.75) is 38.0 Å². The molecule has 0 aliphatic carbocycles. The molecule has 0 amide bonds. The summed E-state index contributed by atoms with van der Waals surface area (Å²) in [6, 6.07) is 14.7. The molecule has 6 rings (SSSR count). The van der Waals surface area contributed by atoms with Crippen LogP contribution in [0.3, 0.4) is 0 Å². The van der Waals surface area contributed by atoms with Crippen LogP contribution in [0.15, 0.2) is 47.0 Å². The molecule has 3 aliphatic rings. The first kappa shape index (κ1) is 21.8. The van der Waals surface area contributed by atoms with Crippen LogP contribution in [0.4, 0.5) is 5.82 Å². The summed E-state index contributed by atoms with van der Waals surface area (Å²) in [4.78, 5) is 12.0. The first-order valence-electron chi connectivity index (χ1n) is 12.5. The Morgan fingerprint density at radius 1 is 0.971 bits per heavy atom. The lowest BCUT2D eigenvalue weighted by Gasteiger charge is -2.46. The number of fused-ring (bicyclic) bond motifs is 2. The number of nitrogens with zero attached hydrogens (tertiary/aromatic N) is 5. The Bertz CT molecular complexity index is 1120. The molecule has 3 atom stereocenters. The summed E-state index contributed by atoms with van der Waals surface area (Å²) >= 11 is 0. The monoisotopic (exact) mass is 463 g/mol. The number of rotatable bonds is 6. The number of β-amino-alcohol motifs (C(OH)–C–C–N with tert-alkyl or cyclic N) is 1. The highest BCUT2D eigenvalue weighted by Gasteiger charge is 2.34. The number of ether oxygens (including phenoxy) is 1. The lowest BCUT2D eigenvalue weighted by molar-refractivity contribution is 0.0716. The Labute approximate surface area is 200 Å². The molecule has 1 N–H and O–H groups in total. The van der Waals surface area contributed by atoms with Crippen molar-refractivity contribution in [3.05, 3.63) is 48.2 Å². The van der Waals surface area contributed by atoms with Gasteiger partial charge in [-0.15, -0.1) is 0 Å². The van der Waals surface area contributed by atoms with Gasteiger partial charge in [0, 0.05) is 63.8 Å². The zero-order chi connectivity index (χ0) is 22.9. The second-order valence-electron chi connectivity index (χ2n) is 10.00. The van der Waals surface area contributed by atoms with Crippen molar-refractivity contribution < 1.29 is 14.4 Å². The molecule has 2 aromatic heterocycles. The minimum Gasteiger partial charge on any atom is -0.477 e. The van der Waals surface area contributed by atoms with Gasteiger partial charge in [-0.05, 0) is 37.5 Å². The van der Waals surface area contributed by atoms with Crippen LogP contribution in [0, 0.1) is 5.92 Å². The van der Waals surface area contributed by atoms with Crippen molar-refractivity contribution in [1.29, 1.82) is 0 Å². The number of piperidine rings is 1. The van der Waals surface area contributed by atoms with Gasteiger partial charge in [0.15, 0.2) is 11.4 Å². The summed E-state index contributed by atoms with van der Waals surface area (Å²) in [7, 11) is 0. The molecule has 0 bridgehead atoms. The number of benzene rings is 1. The van der Waals surface area contributed by atoms with Crippen molar-refractivity contribution in [2.75, 3.05) is 50.8 Å². The summed E-state index contributed by atoms with van der Waals surface area (Å²) in [5.41, 5.74) is 1.86. The second-order valence-corrected chi connectivity index (χ2v) is 10.00. The van der Waals surface area contributed by atoms with Gasteiger partial charge >= 0.3 is 0 Å². The topological polar surface area (TPSA) is 78.1 Å². The Morgan fingerprint density at radius 2 is 1.91 bits per heavy atom. The normalized spacial score (nSPS) is 26.1. The van der Waals surface area contributed by atoms with E-state index in [2.05, 4.69) is 25.9 Å². The van der Waals surface area contributed by atoms with Crippen molar-refractivity contribution in [3.8, 4) is 5.88 Å². The average molecular weight is 464 g/mol. The van der Waals surface area contributed by atoms with Crippen molar-refractivity contribution in [1.82, 2.24) is 19.9 Å². The number of aliphatic hydroxyl groups is 1. The van der Waals surface area contributed by atoms with Gasteiger partial charge in [0.1, 0.15) is 0 Å². The molecular formula is C26H33N5O3. The van der Waals surface area contributed by atoms with Crippen molar-refractivity contribution in [2.24, 2.45) is 5.92 Å². The maximum absolute atomic E-state index is 9.75. The van der Waals surface area contributed by atoms with Crippen LogP contribution in [0.25, 0.3) is 11.0 Å². The number of para-hydroxylation sites is 1. The number of hydrogen-bond acceptors (Lipinski definition) is 8. The Morgan fingerprint density at radius 3 is 2.82 bits per heavy atom. The zero-order valence-electron chi connectivity index (χ0n) is 19.6. The molecule has 180 valence electrons. The average Bonchev–Trinajstić information content (AvgIpc) is 3.48. The van der Waals surface area contributed by atoms with Crippen molar-refractivity contribution >= 4 is 16.8 Å². The minimum atomic E-state index is -0.202. The van der Waals surface area contributed by atoms with Gasteiger partial charge in [-0.1, -0.05) is 23.4 Å². The standard InChI is InChI=1S/C26H33N5O3/c32-22-10-11-29(17-22)15-20-4-3-7-25(27-20)33-18-19-8-9-21-16-31(13-12-30(21)14-19)26-23-5-1-2-6-24(23)34-28-26/h1-7,19,21-22,32H,8-18H2/t19-,21-,22-/m1/s1. The predicted octanol–water partition coefficient (Wildman–Crippen LogP) is 2.77. The van der Waals surface area contributed by atoms with Crippen LogP contribution >= 0.6 is 0 Å². The SMILES string of the molecule is O[C@@H]1CCN(Cc2cccc(OC[C@@H]3CC[C@@H]4CN(c5noc6ccccc56)CCN4C3)n2)C1. The van der Waals surface area contributed by atoms with Gasteiger partial charge in [0.25, 0.3) is 0 Å². The van der Waals surface area contributed by atoms with E-state index >= 15 is 0 Å². The van der Waals surface area contributed by atoms with Gasteiger partial charge in [0.2, 0.25) is 5.88 Å². The molecule has 8 nitrogen and oxygen atoms in total. The van der Waals surface area contributed by atoms with Gasteiger partial charge < -0.3 is 19.3 Å². The maximum atomic E-state index is 9.75. The van der Waals surface area contributed by atoms with Crippen LogP contribution < -0.4 is 9.64 Å². The third kappa shape index (κ3) is 4.62. The van der Waals surface area contributed by atoms with E-state index in [4.69, 9.17) is 14.2 Å². The van der Waals surface area contributed by atoms with E-state index in [9.17, 15) is 5.11 Å². The summed E-state index contributed by atoms with van der Waals surface area (Å²) in [6.45, 7) is 7.22. The van der Waals surface area contributed by atoms with E-state index in [0.717, 1.165) is 74.7 Å². The minimum absolute atomic E-state index is 0.202. The van der Waals surface area contributed by atoms with E-state index in [-0.39, 0.29) is 6.10 Å². The highest BCUT2D eigenvalue weighted by Crippen LogP contribution is 2.31. The Kier molecular flexibility index (Phi) is 6.11. The second kappa shape index (κ2) is 9.52. The first-order chi connectivity index (χ1) is 16.7. The quantitative estimate of drug-likeness (QED) is 0.598. The Hall–Kier alpha value is -2.68. The number of anilines is 1. The van der Waals surface area contributed by atoms with E-state index in [1.54, 1.807) is 0 Å². The maximum Gasteiger partial charge on any atom is 0.213 e. The first-order valence-corrected chi connectivity index (χ1v) is 12.5. The molecule has 0 radical (unpaired) electrons. The summed E-state index contributed by atoms with van der Waals surface area (Å²) in [5.74, 6) is 2.21. The highest BCUT2D eigenvalue weighted by atomic mass is 16.5. The van der Waals surface area contributed by atoms with Crippen LogP contribution in [-0.4, -0.2) is 83.1 Å². The number of hydrogen-bond donors (Lipinski definition) is 1. The number of aromatic nitrogens is 2. The highest BCUT2D eigenvalue weighted by molar-refractivity contribution is 5.88. The zero-order valence-corrected chi connectivity index (χ0v) is 19.6. The third-order valence-corrected chi connectivity index (χ3v) is 7.54. The fraction of sp³-hybridized carbons (Fsp3) is 0.538. The number of pyridine rings is 1. The lowest BCUT2D eigenvalue weighted by atomic mass is 9.91. The van der Waals surface area contributed by atoms with Gasteiger partial charge in [-0.2, -0.15) is 0 Å². The summed E-state index contributed by atoms with van der Waals surface area (Å²) in [5, 5.41) is 15.2. The third-order valence-electron chi connectivity index (χ3n) is 7.54. The van der Waals surface area contributed by atoms with Crippen LogP contribution in [0.1, 0.15) is 25.0 Å². The molecule has 5 heterocycles. The molecule has 1 aromatic carbocycles. The molecule has 0 spiro atoms. The molecule has 3 aromatic rings. The molecule has 3 saturated heterocycles. The molecular weight excluding hydrogens is 430 g/mol. The molecule has 3 aliphatic heterocycles. The smallest absolute Gasteiger partial charge is 0.213 e. The van der Waals surface area contributed by atoms with Gasteiger partial charge in [0.05, 0.1) is 23.8 Å². The summed E-state index contributed by atoms with van der Waals surface area (Å²) in [6.07, 6.45) is 2.99. The number of aliphatic hydroxyl groups excluding tert-OH is 1. The molecule has 34 heavy (non-hydrogen) atoms. The fourth-order valence-corrected chi connectivity index (χ4v) is 5.70. The van der Waals surface area contributed by atoms with E-state index in [1.807, 2.05) is 36.4 Å².